The monoisotopic (exact) mass is 1740 g/mol. The molecule has 0 bridgehead atoms. The molecule has 0 amide bonds. The fourth-order valence-electron chi connectivity index (χ4n) is 11.7. The molecule has 0 aliphatic carbocycles. The second-order valence-electron chi connectivity index (χ2n) is 28.9. The molecule has 0 saturated carbocycles. The Labute approximate surface area is 645 Å². The molecule has 0 atom stereocenters. The van der Waals surface area contributed by atoms with Gasteiger partial charge in [0.05, 0.1) is 30.2 Å². The van der Waals surface area contributed by atoms with Gasteiger partial charge in [0.25, 0.3) is 0 Å². The summed E-state index contributed by atoms with van der Waals surface area (Å²) in [7, 11) is 0. The minimum absolute atomic E-state index is 0. The van der Waals surface area contributed by atoms with E-state index in [9.17, 15) is 9.90 Å². The van der Waals surface area contributed by atoms with Crippen LogP contribution >= 0.6 is 0 Å². The van der Waals surface area contributed by atoms with Crippen LogP contribution in [0.1, 0.15) is 98.4 Å². The Balaban J connectivity index is 0.000000163. The maximum absolute atomic E-state index is 9.60. The summed E-state index contributed by atoms with van der Waals surface area (Å²) in [6, 6.07) is 93.1. The Morgan fingerprint density at radius 2 is 0.771 bits per heavy atom. The van der Waals surface area contributed by atoms with Crippen LogP contribution in [0.5, 0.6) is 0 Å². The van der Waals surface area contributed by atoms with Gasteiger partial charge in [-0.2, -0.15) is 0 Å². The number of hydrogen-bond donors (Lipinski definition) is 2. The summed E-state index contributed by atoms with van der Waals surface area (Å²) in [5.41, 5.74) is 12.8. The summed E-state index contributed by atoms with van der Waals surface area (Å²) in [4.78, 5) is 36.3. The number of carbonyl (C=O) groups excluding carboxylic acids is 2. The SMILES string of the molecule is CC(=[OH+])C=C(C)O.CC(C)(C)C(=[OH+])C=C(O)C(C)(C)C.CC(C)(C)c1cc[c-]c(-c2nccc3c2ccc2ccccc23)c1.Cc1c[c-]c(-c2nccc3c2ccc2ccccc23)cc1C.Cc1c[c-]c(-c2nccc3ccccc23)cc1.[Ir-3].[Ir-3].[c-]1ccccc1-c1nccc2c1ccc1ccccc12. The fourth-order valence-corrected chi connectivity index (χ4v) is 11.7. The molecule has 0 radical (unpaired) electrons. The maximum Gasteiger partial charge on any atom is 0.325 e. The van der Waals surface area contributed by atoms with Crippen LogP contribution < -0.4 is 0 Å². The van der Waals surface area contributed by atoms with Gasteiger partial charge in [0.15, 0.2) is 0 Å². The number of rotatable bonds is 6. The number of allylic oxidation sites excluding steroid dienone is 4. The van der Waals surface area contributed by atoms with Crippen molar-refractivity contribution in [1.29, 1.82) is 0 Å². The molecule has 4 aromatic heterocycles. The van der Waals surface area contributed by atoms with Crippen molar-refractivity contribution in [3.8, 4) is 45.0 Å². The number of hydrogen-bond acceptors (Lipinski definition) is 6. The number of pyridine rings is 4. The van der Waals surface area contributed by atoms with E-state index in [1.54, 1.807) is 0 Å². The van der Waals surface area contributed by atoms with E-state index in [2.05, 4.69) is 262 Å². The predicted octanol–water partition coefficient (Wildman–Crippen LogP) is 24.6. The maximum atomic E-state index is 9.60. The second kappa shape index (κ2) is 35.8. The van der Waals surface area contributed by atoms with E-state index in [1.165, 1.54) is 124 Å². The molecule has 540 valence electrons. The Morgan fingerprint density at radius 3 is 1.18 bits per heavy atom. The molecule has 11 aromatic carbocycles. The Bertz CT molecular complexity index is 5580. The molecule has 4 heterocycles. The molecule has 0 aliphatic rings. The van der Waals surface area contributed by atoms with E-state index in [1.807, 2.05) is 121 Å². The second-order valence-corrected chi connectivity index (χ2v) is 28.9. The molecule has 4 N–H and O–H groups in total. The molecule has 0 unspecified atom stereocenters. The van der Waals surface area contributed by atoms with Crippen LogP contribution in [-0.4, -0.2) is 51.3 Å². The van der Waals surface area contributed by atoms with Crippen molar-refractivity contribution in [2.45, 2.75) is 102 Å². The Morgan fingerprint density at radius 1 is 0.362 bits per heavy atom. The van der Waals surface area contributed by atoms with Crippen molar-refractivity contribution < 1.29 is 60.0 Å². The van der Waals surface area contributed by atoms with Gasteiger partial charge in [0.2, 0.25) is 0 Å². The molecule has 15 aromatic rings. The summed E-state index contributed by atoms with van der Waals surface area (Å²) in [6.45, 7) is 27.4. The van der Waals surface area contributed by atoms with E-state index in [-0.39, 0.29) is 79.5 Å². The van der Waals surface area contributed by atoms with Gasteiger partial charge in [-0.25, -0.2) is 0 Å². The van der Waals surface area contributed by atoms with Gasteiger partial charge in [-0.15, -0.1) is 142 Å². The van der Waals surface area contributed by atoms with Crippen LogP contribution in [-0.2, 0) is 45.6 Å². The number of nitrogens with zero attached hydrogens (tertiary/aromatic N) is 4. The van der Waals surface area contributed by atoms with Crippen LogP contribution in [0, 0.1) is 55.9 Å². The summed E-state index contributed by atoms with van der Waals surface area (Å²) in [5, 5.41) is 35.2. The van der Waals surface area contributed by atoms with Gasteiger partial charge in [-0.05, 0) is 156 Å². The summed E-state index contributed by atoms with van der Waals surface area (Å²) in [5.74, 6) is 0.667. The third-order valence-corrected chi connectivity index (χ3v) is 17.7. The van der Waals surface area contributed by atoms with Crippen molar-refractivity contribution in [2.75, 3.05) is 0 Å². The van der Waals surface area contributed by atoms with Gasteiger partial charge < -0.3 is 70.4 Å². The number of aromatic nitrogens is 4. The van der Waals surface area contributed by atoms with E-state index in [0.717, 1.165) is 45.0 Å². The number of aliphatic hydroxyl groups excluding tert-OH is 2. The van der Waals surface area contributed by atoms with Crippen LogP contribution in [0.25, 0.3) is 120 Å². The van der Waals surface area contributed by atoms with Crippen LogP contribution in [0.4, 0.5) is 0 Å². The smallest absolute Gasteiger partial charge is 0.325 e. The number of aliphatic hydroxyl groups is 2. The molecule has 0 fully saturated rings. The standard InChI is InChI=1S/C23H20N.C21H16N.C19H12N.C16H12N.C11H20O2.C5H8O2.2Ir/c1-23(2,3)18-9-6-8-17(15-18)22-21-12-11-16-7-4-5-10-19(16)20(21)13-14-24-22;1-14-7-8-17(13-15(14)2)21-20-10-9-16-5-3-4-6-18(16)19(20)11-12-22-21;1-2-7-15(8-3-1)19-18-11-10-14-6-4-5-9-16(14)17(18)12-13-20-19;1-12-6-8-14(9-7-12)16-15-5-3-2-4-13(15)10-11-17-16;1-10(2,3)8(12)7-9(13)11(4,5)6;1-4(6)3-5(2)7;;/h4-7,9-15H,1-3H3;3-7,9-13H,1-2H3;1-7,9-13H;2-8,10-11H,1H3;7,12H,1-6H3;3,6H,1-2H3;;/q4*-1;;;2*-3/p+2. The van der Waals surface area contributed by atoms with Crippen molar-refractivity contribution in [3.63, 3.8) is 0 Å². The van der Waals surface area contributed by atoms with Gasteiger partial charge in [0, 0.05) is 30.2 Å². The van der Waals surface area contributed by atoms with Gasteiger partial charge in [-0.1, -0.05) is 196 Å². The molecular formula is C95H90Ir2N4O4-8. The van der Waals surface area contributed by atoms with Gasteiger partial charge in [0.1, 0.15) is 5.76 Å². The topological polar surface area (TPSA) is 135 Å². The number of fused-ring (bicyclic) bond motifs is 10. The largest absolute Gasteiger partial charge is 3.00 e. The third kappa shape index (κ3) is 20.5. The van der Waals surface area contributed by atoms with Crippen molar-refractivity contribution in [1.82, 2.24) is 19.9 Å². The Kier molecular flexibility index (Phi) is 27.4. The molecular weight excluding hydrogens is 1650 g/mol. The van der Waals surface area contributed by atoms with E-state index in [0.29, 0.717) is 0 Å². The zero-order chi connectivity index (χ0) is 73.6. The van der Waals surface area contributed by atoms with Crippen molar-refractivity contribution in [2.24, 2.45) is 10.8 Å². The summed E-state index contributed by atoms with van der Waals surface area (Å²) < 4.78 is 0. The fraction of sp³-hybridized carbons (Fsp3) is 0.179. The van der Waals surface area contributed by atoms with Crippen LogP contribution in [0.15, 0.2) is 279 Å². The minimum Gasteiger partial charge on any atom is -3.00 e. The zero-order valence-electron chi connectivity index (χ0n) is 62.1. The molecule has 0 saturated heterocycles. The van der Waals surface area contributed by atoms with E-state index < -0.39 is 0 Å². The van der Waals surface area contributed by atoms with E-state index >= 15 is 0 Å². The van der Waals surface area contributed by atoms with Crippen molar-refractivity contribution >= 4 is 87.0 Å². The molecule has 0 spiro atoms. The summed E-state index contributed by atoms with van der Waals surface area (Å²) in [6.07, 6.45) is 10.3. The third-order valence-electron chi connectivity index (χ3n) is 17.7. The van der Waals surface area contributed by atoms with Crippen LogP contribution in [0.3, 0.4) is 0 Å². The van der Waals surface area contributed by atoms with Gasteiger partial charge in [-0.3, -0.25) is 9.59 Å². The first-order chi connectivity index (χ1) is 49.2. The Hall–Kier alpha value is -10.4. The molecule has 8 nitrogen and oxygen atoms in total. The van der Waals surface area contributed by atoms with E-state index in [4.69, 9.17) is 9.90 Å². The average Bonchev–Trinajstić information content (AvgIpc) is 0.758. The quantitative estimate of drug-likeness (QED) is 0.0560. The predicted molar refractivity (Wildman–Crippen MR) is 435 cm³/mol. The summed E-state index contributed by atoms with van der Waals surface area (Å²) >= 11 is 0. The average molecular weight is 1740 g/mol. The zero-order valence-corrected chi connectivity index (χ0v) is 66.9. The number of aryl methyl sites for hydroxylation is 3. The minimum atomic E-state index is -0.306. The molecule has 10 heteroatoms. The molecule has 15 rings (SSSR count). The van der Waals surface area contributed by atoms with Crippen molar-refractivity contribution in [3.05, 3.63) is 325 Å². The van der Waals surface area contributed by atoms with Crippen LogP contribution in [0.2, 0.25) is 0 Å². The first-order valence-corrected chi connectivity index (χ1v) is 34.7. The number of benzene rings is 11. The van der Waals surface area contributed by atoms with Gasteiger partial charge >= 0.3 is 11.6 Å². The molecule has 0 aliphatic heterocycles. The molecule has 105 heavy (non-hydrogen) atoms. The number of ketones is 2. The first-order valence-electron chi connectivity index (χ1n) is 34.7. The normalized spacial score (nSPS) is 11.4. The first kappa shape index (κ1) is 80.2.